The maximum Gasteiger partial charge on any atom is 0.267 e. The van der Waals surface area contributed by atoms with Gasteiger partial charge in [-0.15, -0.1) is 0 Å². The van der Waals surface area contributed by atoms with Crippen molar-refractivity contribution in [3.8, 4) is 0 Å². The van der Waals surface area contributed by atoms with E-state index < -0.39 is 5.91 Å². The van der Waals surface area contributed by atoms with Crippen molar-refractivity contribution in [2.45, 2.75) is 44.4 Å². The predicted octanol–water partition coefficient (Wildman–Crippen LogP) is 4.83. The largest absolute Gasteiger partial charge is 0.364 e. The van der Waals surface area contributed by atoms with E-state index in [4.69, 9.17) is 10.7 Å². The van der Waals surface area contributed by atoms with Crippen LogP contribution < -0.4 is 5.73 Å². The van der Waals surface area contributed by atoms with E-state index in [0.29, 0.717) is 11.8 Å². The van der Waals surface area contributed by atoms with E-state index in [9.17, 15) is 9.18 Å². The molecule has 5 rings (SSSR count). The number of primary amides is 1. The Balaban J connectivity index is 1.36. The molecule has 3 aromatic heterocycles. The quantitative estimate of drug-likeness (QED) is 0.501. The van der Waals surface area contributed by atoms with Gasteiger partial charge in [0.15, 0.2) is 0 Å². The van der Waals surface area contributed by atoms with Crippen molar-refractivity contribution in [1.82, 2.24) is 19.5 Å². The Morgan fingerprint density at radius 1 is 1.12 bits per heavy atom. The standard InChI is InChI=1S/C25H26FN5O/c1-14(25-30-22-13-29-21(24(27)32)12-23(22)31(25)2)15-3-5-16(6-4-15)18-9-10-28-20-8-7-17(26)11-19(18)20/h7-16H,3-6H2,1-2H3,(H2,27,32)/t14-,15?,16?/m0/s1. The summed E-state index contributed by atoms with van der Waals surface area (Å²) in [5.74, 6) is 1.44. The molecule has 1 aliphatic carbocycles. The van der Waals surface area contributed by atoms with E-state index >= 15 is 0 Å². The molecule has 6 nitrogen and oxygen atoms in total. The number of amides is 1. The second kappa shape index (κ2) is 7.97. The molecule has 0 aliphatic heterocycles. The zero-order chi connectivity index (χ0) is 22.4. The first-order chi connectivity index (χ1) is 15.4. The molecule has 32 heavy (non-hydrogen) atoms. The third-order valence-electron chi connectivity index (χ3n) is 7.12. The fraction of sp³-hybridized carbons (Fsp3) is 0.360. The second-order valence-electron chi connectivity index (χ2n) is 8.91. The number of nitrogens with zero attached hydrogens (tertiary/aromatic N) is 4. The van der Waals surface area contributed by atoms with Crippen LogP contribution in [0, 0.1) is 11.7 Å². The first-order valence-corrected chi connectivity index (χ1v) is 11.1. The van der Waals surface area contributed by atoms with Crippen molar-refractivity contribution in [2.24, 2.45) is 18.7 Å². The molecule has 1 saturated carbocycles. The van der Waals surface area contributed by atoms with Gasteiger partial charge in [-0.3, -0.25) is 9.78 Å². The average molecular weight is 432 g/mol. The Labute approximate surface area is 185 Å². The smallest absolute Gasteiger partial charge is 0.267 e. The minimum absolute atomic E-state index is 0.218. The fourth-order valence-corrected chi connectivity index (χ4v) is 5.29. The Bertz CT molecular complexity index is 1320. The normalized spacial score (nSPS) is 20.0. The highest BCUT2D eigenvalue weighted by atomic mass is 19.1. The number of rotatable bonds is 4. The Hall–Kier alpha value is -3.35. The lowest BCUT2D eigenvalue weighted by molar-refractivity contribution is 0.0995. The molecule has 0 unspecified atom stereocenters. The number of halogens is 1. The van der Waals surface area contributed by atoms with Gasteiger partial charge in [-0.05, 0) is 73.4 Å². The van der Waals surface area contributed by atoms with Crippen molar-refractivity contribution in [3.05, 3.63) is 65.6 Å². The van der Waals surface area contributed by atoms with Crippen LogP contribution in [0.3, 0.4) is 0 Å². The lowest BCUT2D eigenvalue weighted by Crippen LogP contribution is -2.20. The number of carbonyl (C=O) groups is 1. The first-order valence-electron chi connectivity index (χ1n) is 11.1. The highest BCUT2D eigenvalue weighted by Crippen LogP contribution is 2.43. The lowest BCUT2D eigenvalue weighted by atomic mass is 9.73. The summed E-state index contributed by atoms with van der Waals surface area (Å²) in [5, 5.41) is 0.928. The monoisotopic (exact) mass is 431 g/mol. The molecule has 0 bridgehead atoms. The SMILES string of the molecule is C[C@H](c1nc2cnc(C(N)=O)cc2n1C)C1CCC(c2ccnc3ccc(F)cc23)CC1. The van der Waals surface area contributed by atoms with Gasteiger partial charge in [-0.1, -0.05) is 6.92 Å². The van der Waals surface area contributed by atoms with Gasteiger partial charge in [0.05, 0.1) is 17.2 Å². The van der Waals surface area contributed by atoms with Gasteiger partial charge < -0.3 is 10.3 Å². The molecular weight excluding hydrogens is 405 g/mol. The number of imidazole rings is 1. The summed E-state index contributed by atoms with van der Waals surface area (Å²) in [7, 11) is 1.98. The van der Waals surface area contributed by atoms with Crippen molar-refractivity contribution >= 4 is 27.8 Å². The Morgan fingerprint density at radius 3 is 2.66 bits per heavy atom. The van der Waals surface area contributed by atoms with Gasteiger partial charge in [-0.2, -0.15) is 0 Å². The van der Waals surface area contributed by atoms with Gasteiger partial charge in [0.25, 0.3) is 5.91 Å². The number of aryl methyl sites for hydroxylation is 1. The lowest BCUT2D eigenvalue weighted by Gasteiger charge is -2.32. The van der Waals surface area contributed by atoms with Crippen LogP contribution in [0.5, 0.6) is 0 Å². The zero-order valence-corrected chi connectivity index (χ0v) is 18.3. The summed E-state index contributed by atoms with van der Waals surface area (Å²) < 4.78 is 15.9. The minimum Gasteiger partial charge on any atom is -0.364 e. The number of hydrogen-bond donors (Lipinski definition) is 1. The molecular formula is C25H26FN5O. The molecule has 1 atom stereocenters. The molecule has 1 aromatic carbocycles. The van der Waals surface area contributed by atoms with Gasteiger partial charge in [0.1, 0.15) is 22.9 Å². The third-order valence-corrected chi connectivity index (χ3v) is 7.12. The van der Waals surface area contributed by atoms with Crippen molar-refractivity contribution in [2.75, 3.05) is 0 Å². The topological polar surface area (TPSA) is 86.7 Å². The van der Waals surface area contributed by atoms with Crippen LogP contribution >= 0.6 is 0 Å². The summed E-state index contributed by atoms with van der Waals surface area (Å²) in [4.78, 5) is 24.8. The molecule has 4 aromatic rings. The summed E-state index contributed by atoms with van der Waals surface area (Å²) in [6.07, 6.45) is 7.73. The number of pyridine rings is 2. The molecule has 0 spiro atoms. The average Bonchev–Trinajstić information content (AvgIpc) is 3.14. The number of fused-ring (bicyclic) bond motifs is 2. The second-order valence-corrected chi connectivity index (χ2v) is 8.91. The molecule has 0 radical (unpaired) electrons. The van der Waals surface area contributed by atoms with Gasteiger partial charge in [-0.25, -0.2) is 14.4 Å². The maximum atomic E-state index is 13.9. The number of carbonyl (C=O) groups excluding carboxylic acids is 1. The minimum atomic E-state index is -0.537. The van der Waals surface area contributed by atoms with Gasteiger partial charge in [0, 0.05) is 24.5 Å². The summed E-state index contributed by atoms with van der Waals surface area (Å²) in [5.41, 5.74) is 9.34. The van der Waals surface area contributed by atoms with Crippen LogP contribution in [0.25, 0.3) is 21.9 Å². The highest BCUT2D eigenvalue weighted by molar-refractivity contribution is 5.94. The van der Waals surface area contributed by atoms with Crippen molar-refractivity contribution in [3.63, 3.8) is 0 Å². The van der Waals surface area contributed by atoms with E-state index in [0.717, 1.165) is 53.4 Å². The van der Waals surface area contributed by atoms with E-state index in [1.807, 2.05) is 19.3 Å². The number of benzene rings is 1. The molecule has 164 valence electrons. The molecule has 1 aliphatic rings. The van der Waals surface area contributed by atoms with E-state index in [1.165, 1.54) is 11.6 Å². The first kappa shape index (κ1) is 20.5. The predicted molar refractivity (Wildman–Crippen MR) is 122 cm³/mol. The van der Waals surface area contributed by atoms with E-state index in [1.54, 1.807) is 24.4 Å². The van der Waals surface area contributed by atoms with Crippen LogP contribution in [-0.4, -0.2) is 25.4 Å². The molecule has 3 heterocycles. The van der Waals surface area contributed by atoms with Crippen LogP contribution in [0.15, 0.2) is 42.7 Å². The summed E-state index contributed by atoms with van der Waals surface area (Å²) in [6.45, 7) is 2.23. The number of hydrogen-bond acceptors (Lipinski definition) is 4. The fourth-order valence-electron chi connectivity index (χ4n) is 5.29. The number of nitrogens with two attached hydrogens (primary N) is 1. The van der Waals surface area contributed by atoms with Crippen molar-refractivity contribution in [1.29, 1.82) is 0 Å². The van der Waals surface area contributed by atoms with E-state index in [2.05, 4.69) is 21.5 Å². The molecule has 7 heteroatoms. The highest BCUT2D eigenvalue weighted by Gasteiger charge is 2.30. The number of aromatic nitrogens is 4. The van der Waals surface area contributed by atoms with Crippen LogP contribution in [0.1, 0.15) is 66.3 Å². The molecule has 0 saturated heterocycles. The molecule has 1 fully saturated rings. The van der Waals surface area contributed by atoms with E-state index in [-0.39, 0.29) is 17.4 Å². The third kappa shape index (κ3) is 3.51. The van der Waals surface area contributed by atoms with Gasteiger partial charge >= 0.3 is 0 Å². The van der Waals surface area contributed by atoms with Gasteiger partial charge in [0.2, 0.25) is 0 Å². The maximum absolute atomic E-state index is 13.9. The van der Waals surface area contributed by atoms with Crippen LogP contribution in [0.2, 0.25) is 0 Å². The van der Waals surface area contributed by atoms with Crippen LogP contribution in [-0.2, 0) is 7.05 Å². The van der Waals surface area contributed by atoms with Crippen LogP contribution in [0.4, 0.5) is 4.39 Å². The molecule has 1 amide bonds. The Kier molecular flexibility index (Phi) is 5.12. The molecule has 2 N–H and O–H groups in total. The Morgan fingerprint density at radius 2 is 1.91 bits per heavy atom. The summed E-state index contributed by atoms with van der Waals surface area (Å²) >= 11 is 0. The summed E-state index contributed by atoms with van der Waals surface area (Å²) in [6, 6.07) is 8.60. The zero-order valence-electron chi connectivity index (χ0n) is 18.3. The van der Waals surface area contributed by atoms with Crippen molar-refractivity contribution < 1.29 is 9.18 Å².